The largest absolute Gasteiger partial charge is 0.395 e. The van der Waals surface area contributed by atoms with Gasteiger partial charge in [0.1, 0.15) is 6.04 Å². The molecule has 1 unspecified atom stereocenters. The first-order valence-corrected chi connectivity index (χ1v) is 14.3. The minimum atomic E-state index is -4.25. The zero-order valence-electron chi connectivity index (χ0n) is 22.8. The van der Waals surface area contributed by atoms with Crippen LogP contribution in [0.2, 0.25) is 0 Å². The van der Waals surface area contributed by atoms with Crippen LogP contribution in [0, 0.1) is 11.3 Å². The van der Waals surface area contributed by atoms with Gasteiger partial charge < -0.3 is 15.1 Å². The smallest absolute Gasteiger partial charge is 0.368 e. The Labute approximate surface area is 227 Å². The van der Waals surface area contributed by atoms with Crippen LogP contribution in [0.4, 0.5) is 18.9 Å². The van der Waals surface area contributed by atoms with Crippen molar-refractivity contribution in [2.24, 2.45) is 11.3 Å². The van der Waals surface area contributed by atoms with Gasteiger partial charge in [-0.1, -0.05) is 18.9 Å². The molecule has 0 bridgehead atoms. The number of nitrogens with one attached hydrogen (secondary N) is 2. The summed E-state index contributed by atoms with van der Waals surface area (Å²) in [6.45, 7) is 3.58. The highest BCUT2D eigenvalue weighted by atomic mass is 19.4. The normalized spacial score (nSPS) is 26.0. The van der Waals surface area contributed by atoms with Crippen molar-refractivity contribution in [2.45, 2.75) is 102 Å². The number of imide groups is 1. The standard InChI is InChI=1S/C29H39F3N4O3/c1-28(2,29(30,31)32)17-33-19-8-10-20(11-9-19)35(15-14-18-6-7-18)23-5-3-4-21-22(23)16-36(27(21)39)24-12-13-25(37)34-26(24)38/h3-5,18-20,24,33H,6-17H2,1-2H3,(H,34,37,38). The van der Waals surface area contributed by atoms with Crippen LogP contribution < -0.4 is 15.5 Å². The maximum Gasteiger partial charge on any atom is 0.395 e. The summed E-state index contributed by atoms with van der Waals surface area (Å²) < 4.78 is 39.9. The molecule has 39 heavy (non-hydrogen) atoms. The SMILES string of the molecule is CC(C)(CNC1CCC(N(CCC2CC2)c2cccc3c2CN(C2CCC(=O)NC2=O)C3=O)CC1)C(F)(F)F. The van der Waals surface area contributed by atoms with E-state index in [1.165, 1.54) is 26.7 Å². The van der Waals surface area contributed by atoms with E-state index in [2.05, 4.69) is 21.6 Å². The molecule has 0 radical (unpaired) electrons. The minimum Gasteiger partial charge on any atom is -0.368 e. The highest BCUT2D eigenvalue weighted by Gasteiger charge is 2.47. The van der Waals surface area contributed by atoms with Gasteiger partial charge in [0.05, 0.1) is 5.41 Å². The first-order valence-electron chi connectivity index (χ1n) is 14.3. The predicted octanol–water partition coefficient (Wildman–Crippen LogP) is 4.54. The molecule has 5 rings (SSSR count). The van der Waals surface area contributed by atoms with E-state index in [9.17, 15) is 27.6 Å². The summed E-state index contributed by atoms with van der Waals surface area (Å²) in [5.74, 6) is -0.171. The van der Waals surface area contributed by atoms with Gasteiger partial charge in [-0.2, -0.15) is 13.2 Å². The van der Waals surface area contributed by atoms with E-state index in [-0.39, 0.29) is 36.9 Å². The van der Waals surface area contributed by atoms with Crippen molar-refractivity contribution in [2.75, 3.05) is 18.0 Å². The number of hydrogen-bond donors (Lipinski definition) is 2. The van der Waals surface area contributed by atoms with E-state index in [1.54, 1.807) is 4.90 Å². The van der Waals surface area contributed by atoms with Crippen molar-refractivity contribution in [1.29, 1.82) is 0 Å². The highest BCUT2D eigenvalue weighted by molar-refractivity contribution is 6.06. The lowest BCUT2D eigenvalue weighted by Crippen LogP contribution is -2.52. The maximum atomic E-state index is 13.4. The Morgan fingerprint density at radius 2 is 1.74 bits per heavy atom. The number of halogens is 3. The van der Waals surface area contributed by atoms with E-state index in [0.29, 0.717) is 18.5 Å². The van der Waals surface area contributed by atoms with Gasteiger partial charge in [-0.15, -0.1) is 0 Å². The second-order valence-electron chi connectivity index (χ2n) is 12.4. The van der Waals surface area contributed by atoms with Crippen LogP contribution in [0.15, 0.2) is 18.2 Å². The van der Waals surface area contributed by atoms with Gasteiger partial charge in [-0.05, 0) is 70.4 Å². The molecule has 10 heteroatoms. The molecule has 1 aromatic carbocycles. The number of rotatable bonds is 9. The number of fused-ring (bicyclic) bond motifs is 1. The number of carbonyl (C=O) groups is 3. The quantitative estimate of drug-likeness (QED) is 0.443. The van der Waals surface area contributed by atoms with Crippen molar-refractivity contribution < 1.29 is 27.6 Å². The molecule has 1 saturated heterocycles. The molecule has 0 spiro atoms. The molecule has 2 saturated carbocycles. The summed E-state index contributed by atoms with van der Waals surface area (Å²) in [6, 6.07) is 5.41. The van der Waals surface area contributed by atoms with Gasteiger partial charge in [0, 0.05) is 55.0 Å². The summed E-state index contributed by atoms with van der Waals surface area (Å²) in [7, 11) is 0. The lowest BCUT2D eigenvalue weighted by Gasteiger charge is -2.40. The Kier molecular flexibility index (Phi) is 7.70. The third-order valence-corrected chi connectivity index (χ3v) is 9.08. The van der Waals surface area contributed by atoms with E-state index >= 15 is 0 Å². The minimum absolute atomic E-state index is 0.0549. The molecule has 2 aliphatic carbocycles. The number of benzene rings is 1. The van der Waals surface area contributed by atoms with Crippen LogP contribution in [0.5, 0.6) is 0 Å². The van der Waals surface area contributed by atoms with Crippen LogP contribution in [0.1, 0.15) is 87.6 Å². The van der Waals surface area contributed by atoms with Gasteiger partial charge in [-0.25, -0.2) is 0 Å². The molecule has 0 aromatic heterocycles. The number of anilines is 1. The Hall–Kier alpha value is -2.62. The van der Waals surface area contributed by atoms with Crippen molar-refractivity contribution in [3.63, 3.8) is 0 Å². The van der Waals surface area contributed by atoms with Crippen LogP contribution in [0.3, 0.4) is 0 Å². The van der Waals surface area contributed by atoms with Gasteiger partial charge in [0.15, 0.2) is 0 Å². The van der Waals surface area contributed by atoms with Crippen LogP contribution in [-0.2, 0) is 16.1 Å². The Bertz CT molecular complexity index is 1110. The number of amides is 3. The fourth-order valence-corrected chi connectivity index (χ4v) is 6.16. The van der Waals surface area contributed by atoms with Gasteiger partial charge in [0.25, 0.3) is 5.91 Å². The maximum absolute atomic E-state index is 13.4. The zero-order valence-corrected chi connectivity index (χ0v) is 22.8. The molecular weight excluding hydrogens is 509 g/mol. The number of alkyl halides is 3. The van der Waals surface area contributed by atoms with Crippen LogP contribution in [-0.4, -0.2) is 60.0 Å². The third kappa shape index (κ3) is 5.95. The summed E-state index contributed by atoms with van der Waals surface area (Å²) in [4.78, 5) is 41.6. The lowest BCUT2D eigenvalue weighted by molar-refractivity contribution is -0.210. The van der Waals surface area contributed by atoms with E-state index in [1.807, 2.05) is 12.1 Å². The highest BCUT2D eigenvalue weighted by Crippen LogP contribution is 2.40. The Morgan fingerprint density at radius 1 is 1.03 bits per heavy atom. The second kappa shape index (κ2) is 10.7. The molecule has 1 aromatic rings. The average Bonchev–Trinajstić information content (AvgIpc) is 3.65. The van der Waals surface area contributed by atoms with Crippen molar-refractivity contribution in [1.82, 2.24) is 15.5 Å². The Morgan fingerprint density at radius 3 is 2.38 bits per heavy atom. The van der Waals surface area contributed by atoms with E-state index in [4.69, 9.17) is 0 Å². The van der Waals surface area contributed by atoms with Crippen molar-refractivity contribution in [3.8, 4) is 0 Å². The van der Waals surface area contributed by atoms with Gasteiger partial charge in [-0.3, -0.25) is 19.7 Å². The lowest BCUT2D eigenvalue weighted by atomic mass is 9.87. The van der Waals surface area contributed by atoms with Crippen LogP contribution in [0.25, 0.3) is 0 Å². The fourth-order valence-electron chi connectivity index (χ4n) is 6.16. The van der Waals surface area contributed by atoms with Crippen molar-refractivity contribution in [3.05, 3.63) is 29.3 Å². The van der Waals surface area contributed by atoms with Gasteiger partial charge >= 0.3 is 6.18 Å². The van der Waals surface area contributed by atoms with Gasteiger partial charge in [0.2, 0.25) is 11.8 Å². The fraction of sp³-hybridized carbons (Fsp3) is 0.690. The molecule has 1 atom stereocenters. The molecule has 4 aliphatic rings. The first kappa shape index (κ1) is 27.9. The molecule has 3 fully saturated rings. The monoisotopic (exact) mass is 548 g/mol. The van der Waals surface area contributed by atoms with Crippen molar-refractivity contribution >= 4 is 23.4 Å². The molecular formula is C29H39F3N4O3. The Balaban J connectivity index is 1.30. The number of carbonyl (C=O) groups excluding carboxylic acids is 3. The van der Waals surface area contributed by atoms with Crippen LogP contribution >= 0.6 is 0 Å². The molecule has 2 heterocycles. The molecule has 214 valence electrons. The average molecular weight is 549 g/mol. The number of hydrogen-bond acceptors (Lipinski definition) is 5. The third-order valence-electron chi connectivity index (χ3n) is 9.08. The molecule has 3 amide bonds. The summed E-state index contributed by atoms with van der Waals surface area (Å²) >= 11 is 0. The molecule has 2 N–H and O–H groups in total. The molecule has 7 nitrogen and oxygen atoms in total. The number of piperidine rings is 1. The first-order chi connectivity index (χ1) is 18.4. The van der Waals surface area contributed by atoms with E-state index < -0.39 is 23.5 Å². The zero-order chi connectivity index (χ0) is 27.9. The summed E-state index contributed by atoms with van der Waals surface area (Å²) in [5.41, 5.74) is 0.783. The predicted molar refractivity (Wildman–Crippen MR) is 141 cm³/mol. The summed E-state index contributed by atoms with van der Waals surface area (Å²) in [6.07, 6.45) is 3.19. The topological polar surface area (TPSA) is 81.8 Å². The molecule has 2 aliphatic heterocycles. The second-order valence-corrected chi connectivity index (χ2v) is 12.4. The van der Waals surface area contributed by atoms with E-state index in [0.717, 1.165) is 55.8 Å². The summed E-state index contributed by atoms with van der Waals surface area (Å²) in [5, 5.41) is 5.54. The number of nitrogens with zero attached hydrogens (tertiary/aromatic N) is 2.